The molecule has 25 heavy (non-hydrogen) atoms. The molecule has 0 aromatic carbocycles. The van der Waals surface area contributed by atoms with E-state index in [2.05, 4.69) is 9.72 Å². The molecule has 2 aromatic heterocycles. The zero-order chi connectivity index (χ0) is 18.7. The fourth-order valence-electron chi connectivity index (χ4n) is 1.90. The molecule has 2 aromatic rings. The summed E-state index contributed by atoms with van der Waals surface area (Å²) in [5.41, 5.74) is 6.75. The first-order valence-corrected chi connectivity index (χ1v) is 7.61. The summed E-state index contributed by atoms with van der Waals surface area (Å²) in [6, 6.07) is 5.67. The van der Waals surface area contributed by atoms with Crippen molar-refractivity contribution >= 4 is 17.5 Å². The smallest absolute Gasteiger partial charge is 0.330 e. The number of aromatic nitrogens is 2. The van der Waals surface area contributed by atoms with Crippen LogP contribution in [0.2, 0.25) is 0 Å². The van der Waals surface area contributed by atoms with Gasteiger partial charge in [0.15, 0.2) is 6.29 Å². The van der Waals surface area contributed by atoms with Crippen LogP contribution in [-0.4, -0.2) is 48.4 Å². The number of imidazole rings is 1. The number of fused-ring (bicyclic) bond motifs is 1. The van der Waals surface area contributed by atoms with E-state index in [4.69, 9.17) is 15.2 Å². The first-order valence-electron chi connectivity index (χ1n) is 7.61. The Kier molecular flexibility index (Phi) is 8.91. The lowest BCUT2D eigenvalue weighted by molar-refractivity contribution is -0.137. The molecule has 0 saturated carbocycles. The van der Waals surface area contributed by atoms with Gasteiger partial charge in [0, 0.05) is 32.7 Å². The predicted molar refractivity (Wildman–Crippen MR) is 91.7 cm³/mol. The summed E-state index contributed by atoms with van der Waals surface area (Å²) in [7, 11) is 2.98. The zero-order valence-electron chi connectivity index (χ0n) is 14.5. The summed E-state index contributed by atoms with van der Waals surface area (Å²) >= 11 is 0. The van der Waals surface area contributed by atoms with Gasteiger partial charge in [-0.25, -0.2) is 9.78 Å². The lowest BCUT2D eigenvalue weighted by atomic mass is 10.3. The second kappa shape index (κ2) is 11.0. The molecule has 1 amide bonds. The summed E-state index contributed by atoms with van der Waals surface area (Å²) < 4.78 is 16.1. The summed E-state index contributed by atoms with van der Waals surface area (Å²) in [6.45, 7) is 2.11. The van der Waals surface area contributed by atoms with Crippen molar-refractivity contribution in [3.63, 3.8) is 0 Å². The highest BCUT2D eigenvalue weighted by Gasteiger charge is 2.04. The summed E-state index contributed by atoms with van der Waals surface area (Å²) in [6.07, 6.45) is 6.03. The number of carbonyl (C=O) groups is 2. The SMILES string of the molecule is CCOC(=O)/C=C/C(OC)OC.NC(=O)Cc1cnc2ccccn12. The first-order chi connectivity index (χ1) is 12.0. The molecule has 8 nitrogen and oxygen atoms in total. The van der Waals surface area contributed by atoms with E-state index in [1.165, 1.54) is 26.4 Å². The Labute approximate surface area is 146 Å². The van der Waals surface area contributed by atoms with Crippen molar-refractivity contribution in [2.45, 2.75) is 19.6 Å². The molecule has 136 valence electrons. The molecule has 0 aliphatic carbocycles. The van der Waals surface area contributed by atoms with Crippen molar-refractivity contribution in [2.75, 3.05) is 20.8 Å². The van der Waals surface area contributed by atoms with Gasteiger partial charge >= 0.3 is 5.97 Å². The number of pyridine rings is 1. The van der Waals surface area contributed by atoms with Gasteiger partial charge in [-0.15, -0.1) is 0 Å². The van der Waals surface area contributed by atoms with Gasteiger partial charge in [-0.2, -0.15) is 0 Å². The van der Waals surface area contributed by atoms with Crippen LogP contribution in [0, 0.1) is 0 Å². The normalized spacial score (nSPS) is 10.7. The fraction of sp³-hybridized carbons (Fsp3) is 0.353. The number of amides is 1. The van der Waals surface area contributed by atoms with E-state index in [9.17, 15) is 9.59 Å². The van der Waals surface area contributed by atoms with Crippen LogP contribution < -0.4 is 5.73 Å². The third kappa shape index (κ3) is 7.15. The Morgan fingerprint density at radius 3 is 2.64 bits per heavy atom. The summed E-state index contributed by atoms with van der Waals surface area (Å²) in [5.74, 6) is -0.734. The van der Waals surface area contributed by atoms with Crippen LogP contribution in [0.4, 0.5) is 0 Å². The topological polar surface area (TPSA) is 105 Å². The Morgan fingerprint density at radius 1 is 1.32 bits per heavy atom. The zero-order valence-corrected chi connectivity index (χ0v) is 14.5. The number of rotatable bonds is 7. The van der Waals surface area contributed by atoms with Crippen LogP contribution >= 0.6 is 0 Å². The number of hydrogen-bond acceptors (Lipinski definition) is 6. The van der Waals surface area contributed by atoms with Gasteiger partial charge in [0.1, 0.15) is 5.65 Å². The van der Waals surface area contributed by atoms with Gasteiger partial charge in [0.05, 0.1) is 18.7 Å². The molecule has 8 heteroatoms. The average Bonchev–Trinajstić information content (AvgIpc) is 2.99. The second-order valence-electron chi connectivity index (χ2n) is 4.77. The number of methoxy groups -OCH3 is 2. The van der Waals surface area contributed by atoms with Crippen LogP contribution in [0.1, 0.15) is 12.6 Å². The molecule has 0 unspecified atom stereocenters. The summed E-state index contributed by atoms with van der Waals surface area (Å²) in [4.78, 5) is 25.6. The first kappa shape index (κ1) is 20.3. The average molecular weight is 349 g/mol. The van der Waals surface area contributed by atoms with Gasteiger partial charge in [0.25, 0.3) is 0 Å². The van der Waals surface area contributed by atoms with Crippen LogP contribution in [0.15, 0.2) is 42.7 Å². The van der Waals surface area contributed by atoms with Crippen LogP contribution in [0.3, 0.4) is 0 Å². The Morgan fingerprint density at radius 2 is 2.04 bits per heavy atom. The van der Waals surface area contributed by atoms with Crippen molar-refractivity contribution < 1.29 is 23.8 Å². The monoisotopic (exact) mass is 349 g/mol. The molecule has 2 rings (SSSR count). The second-order valence-corrected chi connectivity index (χ2v) is 4.77. The van der Waals surface area contributed by atoms with Crippen molar-refractivity contribution in [1.29, 1.82) is 0 Å². The summed E-state index contributed by atoms with van der Waals surface area (Å²) in [5, 5.41) is 0. The van der Waals surface area contributed by atoms with Gasteiger partial charge in [-0.05, 0) is 25.1 Å². The molecule has 0 fully saturated rings. The van der Waals surface area contributed by atoms with E-state index in [0.717, 1.165) is 11.3 Å². The molecule has 2 heterocycles. The Hall–Kier alpha value is -2.71. The minimum Gasteiger partial charge on any atom is -0.463 e. The van der Waals surface area contributed by atoms with E-state index in [0.29, 0.717) is 6.61 Å². The molecular weight excluding hydrogens is 326 g/mol. The molecular formula is C17H23N3O5. The molecule has 0 aliphatic heterocycles. The molecule has 0 bridgehead atoms. The fourth-order valence-corrected chi connectivity index (χ4v) is 1.90. The molecule has 0 saturated heterocycles. The maximum Gasteiger partial charge on any atom is 0.330 e. The minimum absolute atomic E-state index is 0.227. The number of hydrogen-bond donors (Lipinski definition) is 1. The van der Waals surface area contributed by atoms with Crippen molar-refractivity contribution in [3.05, 3.63) is 48.4 Å². The van der Waals surface area contributed by atoms with Crippen molar-refractivity contribution in [3.8, 4) is 0 Å². The molecule has 0 radical (unpaired) electrons. The number of nitrogens with zero attached hydrogens (tertiary/aromatic N) is 2. The van der Waals surface area contributed by atoms with Gasteiger partial charge in [-0.1, -0.05) is 6.07 Å². The predicted octanol–water partition coefficient (Wildman–Crippen LogP) is 1.09. The van der Waals surface area contributed by atoms with Crippen LogP contribution in [-0.2, 0) is 30.2 Å². The van der Waals surface area contributed by atoms with E-state index < -0.39 is 12.3 Å². The van der Waals surface area contributed by atoms with E-state index in [1.807, 2.05) is 28.8 Å². The molecule has 2 N–H and O–H groups in total. The number of primary amides is 1. The third-order valence-corrected chi connectivity index (χ3v) is 2.99. The number of ether oxygens (including phenoxy) is 3. The number of carbonyl (C=O) groups excluding carboxylic acids is 2. The van der Waals surface area contributed by atoms with Gasteiger partial charge in [0.2, 0.25) is 5.91 Å². The molecule has 0 atom stereocenters. The number of nitrogens with two attached hydrogens (primary N) is 1. The molecule has 0 spiro atoms. The van der Waals surface area contributed by atoms with E-state index in [1.54, 1.807) is 13.1 Å². The third-order valence-electron chi connectivity index (χ3n) is 2.99. The van der Waals surface area contributed by atoms with Crippen molar-refractivity contribution in [1.82, 2.24) is 9.38 Å². The van der Waals surface area contributed by atoms with Gasteiger partial charge < -0.3 is 24.3 Å². The highest BCUT2D eigenvalue weighted by Crippen LogP contribution is 2.05. The highest BCUT2D eigenvalue weighted by molar-refractivity contribution is 5.81. The number of esters is 1. The Bertz CT molecular complexity index is 707. The molecule has 0 aliphatic rings. The Balaban J connectivity index is 0.000000252. The quantitative estimate of drug-likeness (QED) is 0.456. The minimum atomic E-state index is -0.491. The van der Waals surface area contributed by atoms with Crippen molar-refractivity contribution in [2.24, 2.45) is 5.73 Å². The van der Waals surface area contributed by atoms with Gasteiger partial charge in [-0.3, -0.25) is 4.79 Å². The lowest BCUT2D eigenvalue weighted by Crippen LogP contribution is -2.14. The van der Waals surface area contributed by atoms with E-state index in [-0.39, 0.29) is 12.3 Å². The highest BCUT2D eigenvalue weighted by atomic mass is 16.7. The standard InChI is InChI=1S/C9H9N3O.C8H14O4/c10-8(13)5-7-6-11-9-3-1-2-4-12(7)9;1-4-12-7(9)5-6-8(10-2)11-3/h1-4,6H,5H2,(H2,10,13);5-6,8H,4H2,1-3H3/b;6-5+. The maximum absolute atomic E-state index is 10.8. The van der Waals surface area contributed by atoms with Crippen LogP contribution in [0.5, 0.6) is 0 Å². The van der Waals surface area contributed by atoms with E-state index >= 15 is 0 Å². The largest absolute Gasteiger partial charge is 0.463 e. The maximum atomic E-state index is 10.8. The lowest BCUT2D eigenvalue weighted by Gasteiger charge is -2.06. The van der Waals surface area contributed by atoms with Crippen LogP contribution in [0.25, 0.3) is 5.65 Å².